The second-order valence-electron chi connectivity index (χ2n) is 8.08. The van der Waals surface area contributed by atoms with Crippen LogP contribution in [0.15, 0.2) is 39.9 Å². The van der Waals surface area contributed by atoms with E-state index >= 15 is 0 Å². The fourth-order valence-corrected chi connectivity index (χ4v) is 5.06. The van der Waals surface area contributed by atoms with E-state index in [4.69, 9.17) is 0 Å². The Kier molecular flexibility index (Phi) is 6.90. The van der Waals surface area contributed by atoms with Crippen LogP contribution >= 0.6 is 11.3 Å². The molecule has 4 rings (SSSR count). The number of hydrogen-bond acceptors (Lipinski definition) is 6. The van der Waals surface area contributed by atoms with Crippen molar-refractivity contribution in [3.05, 3.63) is 67.6 Å². The lowest BCUT2D eigenvalue weighted by Gasteiger charge is -2.12. The van der Waals surface area contributed by atoms with Gasteiger partial charge in [0.15, 0.2) is 11.2 Å². The fraction of sp³-hybridized carbons (Fsp3) is 0.417. The minimum atomic E-state index is -0.377. The first-order chi connectivity index (χ1) is 16.0. The highest BCUT2D eigenvalue weighted by Crippen LogP contribution is 2.28. The van der Waals surface area contributed by atoms with Crippen LogP contribution in [0.25, 0.3) is 21.7 Å². The summed E-state index contributed by atoms with van der Waals surface area (Å²) in [7, 11) is 0. The lowest BCUT2D eigenvalue weighted by atomic mass is 10.2. The molecule has 0 spiro atoms. The third kappa shape index (κ3) is 4.30. The summed E-state index contributed by atoms with van der Waals surface area (Å²) in [6.45, 7) is 6.85. The van der Waals surface area contributed by atoms with Gasteiger partial charge in [-0.05, 0) is 19.8 Å². The summed E-state index contributed by atoms with van der Waals surface area (Å²) in [6, 6.07) is 9.88. The number of rotatable bonds is 9. The molecule has 0 bridgehead atoms. The van der Waals surface area contributed by atoms with Gasteiger partial charge in [-0.15, -0.1) is 11.3 Å². The molecule has 0 aliphatic carbocycles. The maximum atomic E-state index is 13.6. The van der Waals surface area contributed by atoms with E-state index in [0.717, 1.165) is 40.4 Å². The van der Waals surface area contributed by atoms with Gasteiger partial charge in [-0.1, -0.05) is 50.6 Å². The number of hydrogen-bond donors (Lipinski definition) is 1. The molecule has 0 fully saturated rings. The Morgan fingerprint density at radius 3 is 2.39 bits per heavy atom. The molecule has 0 saturated carbocycles. The number of aryl methyl sites for hydroxylation is 3. The highest BCUT2D eigenvalue weighted by molar-refractivity contribution is 7.15. The van der Waals surface area contributed by atoms with Crippen LogP contribution in [0.5, 0.6) is 0 Å². The van der Waals surface area contributed by atoms with Gasteiger partial charge in [0.25, 0.3) is 5.56 Å². The van der Waals surface area contributed by atoms with Gasteiger partial charge in [0.05, 0.1) is 12.2 Å². The van der Waals surface area contributed by atoms with Crippen LogP contribution in [0.1, 0.15) is 49.5 Å². The molecule has 33 heavy (non-hydrogen) atoms. The minimum Gasteiger partial charge on any atom is -0.388 e. The van der Waals surface area contributed by atoms with Crippen LogP contribution < -0.4 is 11.2 Å². The summed E-state index contributed by atoms with van der Waals surface area (Å²) in [4.78, 5) is 37.1. The van der Waals surface area contributed by atoms with Gasteiger partial charge < -0.3 is 9.67 Å². The number of benzene rings is 1. The molecule has 174 valence electrons. The van der Waals surface area contributed by atoms with Gasteiger partial charge in [-0.25, -0.2) is 14.8 Å². The molecule has 0 radical (unpaired) electrons. The molecule has 9 heteroatoms. The molecule has 0 atom stereocenters. The van der Waals surface area contributed by atoms with E-state index in [0.29, 0.717) is 30.1 Å². The highest BCUT2D eigenvalue weighted by Gasteiger charge is 2.22. The Balaban J connectivity index is 1.89. The van der Waals surface area contributed by atoms with Crippen molar-refractivity contribution < 1.29 is 5.11 Å². The molecule has 1 aromatic carbocycles. The van der Waals surface area contributed by atoms with E-state index in [1.165, 1.54) is 15.9 Å². The number of imidazole rings is 1. The SMILES string of the molecule is CCCCn1c(=O)n(Cc2sc(-c3ccccc3)nc2C)c(=O)c2c1nc(CO)n2CCC. The van der Waals surface area contributed by atoms with Gasteiger partial charge >= 0.3 is 5.69 Å². The van der Waals surface area contributed by atoms with E-state index in [9.17, 15) is 14.7 Å². The quantitative estimate of drug-likeness (QED) is 0.406. The van der Waals surface area contributed by atoms with Crippen LogP contribution in [-0.4, -0.2) is 28.8 Å². The Bertz CT molecular complexity index is 1380. The molecule has 0 aliphatic heterocycles. The molecule has 0 unspecified atom stereocenters. The summed E-state index contributed by atoms with van der Waals surface area (Å²) in [5, 5.41) is 10.7. The zero-order valence-corrected chi connectivity index (χ0v) is 20.1. The van der Waals surface area contributed by atoms with E-state index in [1.807, 2.05) is 44.2 Å². The Labute approximate surface area is 195 Å². The number of thiazole rings is 1. The van der Waals surface area contributed by atoms with Crippen molar-refractivity contribution in [1.29, 1.82) is 0 Å². The van der Waals surface area contributed by atoms with Crippen molar-refractivity contribution in [3.63, 3.8) is 0 Å². The second-order valence-corrected chi connectivity index (χ2v) is 9.17. The van der Waals surface area contributed by atoms with Crippen LogP contribution in [0.2, 0.25) is 0 Å². The van der Waals surface area contributed by atoms with E-state index in [-0.39, 0.29) is 24.4 Å². The lowest BCUT2D eigenvalue weighted by molar-refractivity contribution is 0.265. The average Bonchev–Trinajstić information content (AvgIpc) is 3.38. The third-order valence-corrected chi connectivity index (χ3v) is 6.92. The average molecular weight is 468 g/mol. The fourth-order valence-electron chi connectivity index (χ4n) is 4.00. The maximum Gasteiger partial charge on any atom is 0.333 e. The van der Waals surface area contributed by atoms with Crippen LogP contribution in [0, 0.1) is 6.92 Å². The monoisotopic (exact) mass is 467 g/mol. The standard InChI is InChI=1S/C24H29N5O3S/c1-4-6-13-28-21-20(27(12-5-2)19(15-30)26-21)23(31)29(24(28)32)14-18-16(3)25-22(33-18)17-10-8-7-9-11-17/h7-11,30H,4-6,12-15H2,1-3H3. The second kappa shape index (κ2) is 9.84. The maximum absolute atomic E-state index is 13.6. The van der Waals surface area contributed by atoms with Crippen molar-refractivity contribution in [3.8, 4) is 10.6 Å². The number of aromatic nitrogens is 5. The largest absolute Gasteiger partial charge is 0.388 e. The van der Waals surface area contributed by atoms with Gasteiger partial charge in [-0.2, -0.15) is 0 Å². The molecule has 0 aliphatic rings. The van der Waals surface area contributed by atoms with Crippen molar-refractivity contribution in [2.24, 2.45) is 0 Å². The molecule has 4 aromatic rings. The first-order valence-corrected chi connectivity index (χ1v) is 12.2. The molecule has 0 amide bonds. The van der Waals surface area contributed by atoms with E-state index < -0.39 is 0 Å². The predicted molar refractivity (Wildman–Crippen MR) is 131 cm³/mol. The number of aliphatic hydroxyl groups is 1. The minimum absolute atomic E-state index is 0.155. The number of fused-ring (bicyclic) bond motifs is 1. The number of unbranched alkanes of at least 4 members (excludes halogenated alkanes) is 1. The predicted octanol–water partition coefficient (Wildman–Crippen LogP) is 3.54. The molecule has 3 heterocycles. The molecule has 3 aromatic heterocycles. The van der Waals surface area contributed by atoms with Gasteiger partial charge in [-0.3, -0.25) is 13.9 Å². The molecular weight excluding hydrogens is 438 g/mol. The van der Waals surface area contributed by atoms with Crippen LogP contribution in [0.3, 0.4) is 0 Å². The Morgan fingerprint density at radius 2 is 1.73 bits per heavy atom. The van der Waals surface area contributed by atoms with Crippen molar-refractivity contribution in [2.45, 2.75) is 66.3 Å². The summed E-state index contributed by atoms with van der Waals surface area (Å²) in [5.41, 5.74) is 1.80. The first kappa shape index (κ1) is 23.1. The molecule has 0 saturated heterocycles. The summed E-state index contributed by atoms with van der Waals surface area (Å²) < 4.78 is 4.63. The van der Waals surface area contributed by atoms with Gasteiger partial charge in [0.1, 0.15) is 17.4 Å². The smallest absolute Gasteiger partial charge is 0.333 e. The van der Waals surface area contributed by atoms with Crippen molar-refractivity contribution >= 4 is 22.5 Å². The molecule has 8 nitrogen and oxygen atoms in total. The molecular formula is C24H29N5O3S. The van der Waals surface area contributed by atoms with Crippen molar-refractivity contribution in [1.82, 2.24) is 23.7 Å². The topological polar surface area (TPSA) is 94.9 Å². The number of nitrogens with zero attached hydrogens (tertiary/aromatic N) is 5. The third-order valence-electron chi connectivity index (χ3n) is 5.73. The van der Waals surface area contributed by atoms with Crippen molar-refractivity contribution in [2.75, 3.05) is 0 Å². The summed E-state index contributed by atoms with van der Waals surface area (Å²) in [6.07, 6.45) is 2.48. The number of aliphatic hydroxyl groups excluding tert-OH is 1. The van der Waals surface area contributed by atoms with Gasteiger partial charge in [0.2, 0.25) is 0 Å². The Morgan fingerprint density at radius 1 is 0.970 bits per heavy atom. The van der Waals surface area contributed by atoms with Crippen LogP contribution in [-0.2, 0) is 26.2 Å². The zero-order chi connectivity index (χ0) is 23.5. The van der Waals surface area contributed by atoms with Crippen LogP contribution in [0.4, 0.5) is 0 Å². The zero-order valence-electron chi connectivity index (χ0n) is 19.2. The normalized spacial score (nSPS) is 11.5. The first-order valence-electron chi connectivity index (χ1n) is 11.3. The lowest BCUT2D eigenvalue weighted by Crippen LogP contribution is -2.41. The van der Waals surface area contributed by atoms with E-state index in [2.05, 4.69) is 16.9 Å². The summed E-state index contributed by atoms with van der Waals surface area (Å²) in [5.74, 6) is 0.409. The van der Waals surface area contributed by atoms with Gasteiger partial charge in [0, 0.05) is 23.5 Å². The highest BCUT2D eigenvalue weighted by atomic mass is 32.1. The summed E-state index contributed by atoms with van der Waals surface area (Å²) >= 11 is 1.50. The van der Waals surface area contributed by atoms with E-state index in [1.54, 1.807) is 9.13 Å². The Hall–Kier alpha value is -3.04. The molecule has 1 N–H and O–H groups in total.